The second-order valence-corrected chi connectivity index (χ2v) is 7.80. The molecule has 1 N–H and O–H groups in total. The van der Waals surface area contributed by atoms with Crippen molar-refractivity contribution in [1.82, 2.24) is 14.8 Å². The van der Waals surface area contributed by atoms with Crippen molar-refractivity contribution in [2.45, 2.75) is 58.4 Å². The summed E-state index contributed by atoms with van der Waals surface area (Å²) in [5.41, 5.74) is 2.80. The van der Waals surface area contributed by atoms with E-state index < -0.39 is 17.7 Å². The summed E-state index contributed by atoms with van der Waals surface area (Å²) in [5.74, 6) is -3.85. The van der Waals surface area contributed by atoms with E-state index in [0.29, 0.717) is 18.8 Å². The third kappa shape index (κ3) is 5.16. The first-order valence-electron chi connectivity index (χ1n) is 10.5. The lowest BCUT2D eigenvalue weighted by Crippen LogP contribution is -2.15. The van der Waals surface area contributed by atoms with E-state index >= 15 is 0 Å². The summed E-state index contributed by atoms with van der Waals surface area (Å²) in [6.45, 7) is 6.01. The van der Waals surface area contributed by atoms with E-state index in [0.717, 1.165) is 23.1 Å². The predicted octanol–water partition coefficient (Wildman–Crippen LogP) is 6.10. The first kappa shape index (κ1) is 22.6. The van der Waals surface area contributed by atoms with Crippen LogP contribution in [0.15, 0.2) is 48.5 Å². The number of aromatic nitrogens is 3. The van der Waals surface area contributed by atoms with Crippen LogP contribution in [0.25, 0.3) is 11.1 Å². The molecule has 0 radical (unpaired) electrons. The molecule has 3 rings (SSSR count). The van der Waals surface area contributed by atoms with Crippen LogP contribution in [0.4, 0.5) is 8.78 Å². The average Bonchev–Trinajstić information content (AvgIpc) is 3.18. The van der Waals surface area contributed by atoms with E-state index in [1.165, 1.54) is 0 Å². The Morgan fingerprint density at radius 3 is 2.45 bits per heavy atom. The van der Waals surface area contributed by atoms with Crippen LogP contribution in [0.1, 0.15) is 73.5 Å². The Morgan fingerprint density at radius 1 is 1.13 bits per heavy atom. The largest absolute Gasteiger partial charge is 0.478 e. The number of nitrogens with zero attached hydrogens (tertiary/aromatic N) is 3. The number of hydrogen-bond acceptors (Lipinski definition) is 3. The van der Waals surface area contributed by atoms with Gasteiger partial charge >= 0.3 is 11.9 Å². The number of rotatable bonds is 9. The lowest BCUT2D eigenvalue weighted by atomic mass is 10.0. The minimum atomic E-state index is -3.04. The summed E-state index contributed by atoms with van der Waals surface area (Å²) in [4.78, 5) is 15.4. The van der Waals surface area contributed by atoms with Gasteiger partial charge < -0.3 is 5.11 Å². The van der Waals surface area contributed by atoms with Crippen molar-refractivity contribution in [2.75, 3.05) is 0 Å². The fraction of sp³-hybridized carbons (Fsp3) is 0.375. The normalized spacial score (nSPS) is 12.7. The lowest BCUT2D eigenvalue weighted by Gasteiger charge is -2.11. The maximum atomic E-state index is 14.4. The van der Waals surface area contributed by atoms with Crippen molar-refractivity contribution in [3.05, 3.63) is 71.3 Å². The molecular formula is C24H27F2N3O2. The maximum absolute atomic E-state index is 14.4. The average molecular weight is 427 g/mol. The molecule has 0 aliphatic heterocycles. The first-order chi connectivity index (χ1) is 14.7. The topological polar surface area (TPSA) is 68.0 Å². The molecular weight excluding hydrogens is 400 g/mol. The number of aromatic carboxylic acids is 1. The Morgan fingerprint density at radius 2 is 1.84 bits per heavy atom. The van der Waals surface area contributed by atoms with E-state index in [1.54, 1.807) is 29.8 Å². The van der Waals surface area contributed by atoms with Crippen LogP contribution in [-0.4, -0.2) is 25.8 Å². The number of carboxylic acid groups (broad SMARTS) is 1. The fourth-order valence-electron chi connectivity index (χ4n) is 3.41. The molecule has 7 heteroatoms. The molecule has 2 aromatic carbocycles. The quantitative estimate of drug-likeness (QED) is 0.448. The highest BCUT2D eigenvalue weighted by Gasteiger charge is 2.36. The van der Waals surface area contributed by atoms with Gasteiger partial charge in [-0.2, -0.15) is 8.78 Å². The summed E-state index contributed by atoms with van der Waals surface area (Å²) in [5, 5.41) is 13.3. The molecule has 0 aliphatic rings. The third-order valence-electron chi connectivity index (χ3n) is 5.37. The van der Waals surface area contributed by atoms with Crippen LogP contribution >= 0.6 is 0 Å². The smallest absolute Gasteiger partial charge is 0.335 e. The number of benzene rings is 2. The third-order valence-corrected chi connectivity index (χ3v) is 5.37. The Kier molecular flexibility index (Phi) is 6.83. The van der Waals surface area contributed by atoms with Crippen molar-refractivity contribution in [1.29, 1.82) is 0 Å². The zero-order valence-electron chi connectivity index (χ0n) is 18.0. The van der Waals surface area contributed by atoms with Gasteiger partial charge in [-0.05, 0) is 41.7 Å². The molecule has 0 bridgehead atoms. The Balaban J connectivity index is 1.87. The SMILES string of the molecule is CCCC(F)(F)c1nc(C(C)CC)n(Cc2ccc(-c3cccc(C(=O)O)c3)cc2)n1. The van der Waals surface area contributed by atoms with Crippen LogP contribution in [0.5, 0.6) is 0 Å². The van der Waals surface area contributed by atoms with E-state index in [9.17, 15) is 18.7 Å². The Hall–Kier alpha value is -3.09. The standard InChI is InChI=1S/C24H27F2N3O2/c1-4-13-24(25,26)23-27-21(16(3)5-2)29(28-23)15-17-9-11-18(12-10-17)19-7-6-8-20(14-19)22(30)31/h6-12,14,16H,4-5,13,15H2,1-3H3,(H,30,31). The zero-order chi connectivity index (χ0) is 22.6. The van der Waals surface area contributed by atoms with Gasteiger partial charge in [0.1, 0.15) is 5.82 Å². The summed E-state index contributed by atoms with van der Waals surface area (Å²) in [6.07, 6.45) is 0.849. The lowest BCUT2D eigenvalue weighted by molar-refractivity contribution is -0.0232. The minimum Gasteiger partial charge on any atom is -0.478 e. The Bertz CT molecular complexity index is 1050. The van der Waals surface area contributed by atoms with Crippen molar-refractivity contribution in [3.63, 3.8) is 0 Å². The molecule has 0 amide bonds. The van der Waals surface area contributed by atoms with Gasteiger partial charge in [-0.25, -0.2) is 14.5 Å². The molecule has 0 saturated carbocycles. The monoisotopic (exact) mass is 427 g/mol. The fourth-order valence-corrected chi connectivity index (χ4v) is 3.41. The number of halogens is 2. The van der Waals surface area contributed by atoms with E-state index in [4.69, 9.17) is 0 Å². The van der Waals surface area contributed by atoms with Gasteiger partial charge in [0, 0.05) is 12.3 Å². The summed E-state index contributed by atoms with van der Waals surface area (Å²) in [7, 11) is 0. The molecule has 0 aliphatic carbocycles. The van der Waals surface area contributed by atoms with Crippen molar-refractivity contribution in [3.8, 4) is 11.1 Å². The maximum Gasteiger partial charge on any atom is 0.335 e. The van der Waals surface area contributed by atoms with Crippen LogP contribution in [0.2, 0.25) is 0 Å². The van der Waals surface area contributed by atoms with Gasteiger partial charge in [0.15, 0.2) is 0 Å². The van der Waals surface area contributed by atoms with Gasteiger partial charge in [0.25, 0.3) is 0 Å². The van der Waals surface area contributed by atoms with Crippen LogP contribution in [-0.2, 0) is 12.5 Å². The molecule has 3 aromatic rings. The second kappa shape index (κ2) is 9.37. The summed E-state index contributed by atoms with van der Waals surface area (Å²) in [6, 6.07) is 14.3. The second-order valence-electron chi connectivity index (χ2n) is 7.80. The highest BCUT2D eigenvalue weighted by molar-refractivity contribution is 5.89. The van der Waals surface area contributed by atoms with E-state index in [2.05, 4.69) is 10.1 Å². The van der Waals surface area contributed by atoms with Gasteiger partial charge in [0.05, 0.1) is 12.1 Å². The van der Waals surface area contributed by atoms with Crippen LogP contribution in [0.3, 0.4) is 0 Å². The molecule has 0 fully saturated rings. The number of carbonyl (C=O) groups is 1. The molecule has 1 aromatic heterocycles. The molecule has 1 unspecified atom stereocenters. The minimum absolute atomic E-state index is 0.0108. The zero-order valence-corrected chi connectivity index (χ0v) is 18.0. The van der Waals surface area contributed by atoms with Crippen molar-refractivity contribution >= 4 is 5.97 Å². The van der Waals surface area contributed by atoms with E-state index in [-0.39, 0.29) is 17.9 Å². The predicted molar refractivity (Wildman–Crippen MR) is 115 cm³/mol. The Labute approximate surface area is 180 Å². The van der Waals surface area contributed by atoms with Crippen molar-refractivity contribution < 1.29 is 18.7 Å². The van der Waals surface area contributed by atoms with Gasteiger partial charge in [-0.1, -0.05) is 57.2 Å². The summed E-state index contributed by atoms with van der Waals surface area (Å²) >= 11 is 0. The van der Waals surface area contributed by atoms with Gasteiger partial charge in [-0.15, -0.1) is 5.10 Å². The van der Waals surface area contributed by atoms with Gasteiger partial charge in [-0.3, -0.25) is 0 Å². The van der Waals surface area contributed by atoms with E-state index in [1.807, 2.05) is 44.2 Å². The number of hydrogen-bond donors (Lipinski definition) is 1. The molecule has 1 heterocycles. The molecule has 0 spiro atoms. The molecule has 0 saturated heterocycles. The summed E-state index contributed by atoms with van der Waals surface area (Å²) < 4.78 is 30.4. The molecule has 31 heavy (non-hydrogen) atoms. The molecule has 1 atom stereocenters. The van der Waals surface area contributed by atoms with Crippen molar-refractivity contribution in [2.24, 2.45) is 0 Å². The highest BCUT2D eigenvalue weighted by Crippen LogP contribution is 2.32. The molecule has 164 valence electrons. The number of alkyl halides is 2. The van der Waals surface area contributed by atoms with Crippen LogP contribution in [0, 0.1) is 0 Å². The van der Waals surface area contributed by atoms with Crippen LogP contribution < -0.4 is 0 Å². The highest BCUT2D eigenvalue weighted by atomic mass is 19.3. The number of carboxylic acids is 1. The van der Waals surface area contributed by atoms with Gasteiger partial charge in [0.2, 0.25) is 5.82 Å². The molecule has 5 nitrogen and oxygen atoms in total. The first-order valence-corrected chi connectivity index (χ1v) is 10.5.